The summed E-state index contributed by atoms with van der Waals surface area (Å²) < 4.78 is 1.71. The van der Waals surface area contributed by atoms with Gasteiger partial charge in [0, 0.05) is 13.1 Å². The van der Waals surface area contributed by atoms with Crippen molar-refractivity contribution < 1.29 is 4.79 Å². The summed E-state index contributed by atoms with van der Waals surface area (Å²) in [6, 6.07) is 10.2. The second-order valence-corrected chi connectivity index (χ2v) is 5.96. The van der Waals surface area contributed by atoms with Gasteiger partial charge in [-0.05, 0) is 48.5 Å². The molecule has 0 fully saturated rings. The molecule has 1 amide bonds. The van der Waals surface area contributed by atoms with Gasteiger partial charge in [-0.3, -0.25) is 4.79 Å². The van der Waals surface area contributed by atoms with Crippen molar-refractivity contribution in [3.63, 3.8) is 0 Å². The van der Waals surface area contributed by atoms with Crippen LogP contribution in [0.1, 0.15) is 31.7 Å². The summed E-state index contributed by atoms with van der Waals surface area (Å²) >= 11 is 0. The van der Waals surface area contributed by atoms with E-state index in [-0.39, 0.29) is 12.3 Å². The van der Waals surface area contributed by atoms with E-state index >= 15 is 0 Å². The Morgan fingerprint density at radius 1 is 1.20 bits per heavy atom. The number of hydrogen-bond acceptors (Lipinski definition) is 5. The van der Waals surface area contributed by atoms with Gasteiger partial charge in [0.15, 0.2) is 5.82 Å². The zero-order chi connectivity index (χ0) is 17.9. The molecule has 136 valence electrons. The average molecular weight is 344 g/mol. The smallest absolute Gasteiger partial charge is 0.227 e. The molecule has 0 radical (unpaired) electrons. The van der Waals surface area contributed by atoms with E-state index in [1.54, 1.807) is 4.68 Å². The Hall–Kier alpha value is -2.28. The first-order valence-electron chi connectivity index (χ1n) is 9.01. The molecule has 0 spiro atoms. The number of nitrogens with one attached hydrogen (secondary N) is 1. The van der Waals surface area contributed by atoms with Gasteiger partial charge in [-0.1, -0.05) is 44.2 Å². The molecule has 7 nitrogen and oxygen atoms in total. The number of aromatic nitrogens is 4. The Bertz CT molecular complexity index is 624. The Labute approximate surface area is 149 Å². The minimum Gasteiger partial charge on any atom is -0.356 e. The van der Waals surface area contributed by atoms with Gasteiger partial charge in [0.05, 0.1) is 6.42 Å². The molecule has 2 aromatic rings. The molecule has 0 atom stereocenters. The molecule has 0 unspecified atom stereocenters. The zero-order valence-corrected chi connectivity index (χ0v) is 15.2. The van der Waals surface area contributed by atoms with Crippen LogP contribution in [-0.2, 0) is 24.2 Å². The lowest BCUT2D eigenvalue weighted by Gasteiger charge is -2.17. The molecule has 0 bridgehead atoms. The van der Waals surface area contributed by atoms with Gasteiger partial charge in [-0.25, -0.2) is 4.68 Å². The molecule has 7 heteroatoms. The predicted molar refractivity (Wildman–Crippen MR) is 97.1 cm³/mol. The highest BCUT2D eigenvalue weighted by atomic mass is 16.1. The van der Waals surface area contributed by atoms with Crippen LogP contribution in [0.4, 0.5) is 0 Å². The molecular formula is C18H28N6O. The zero-order valence-electron chi connectivity index (χ0n) is 15.2. The van der Waals surface area contributed by atoms with Gasteiger partial charge in [0.25, 0.3) is 0 Å². The Balaban J connectivity index is 1.73. The highest BCUT2D eigenvalue weighted by molar-refractivity contribution is 5.77. The van der Waals surface area contributed by atoms with E-state index < -0.39 is 0 Å². The highest BCUT2D eigenvalue weighted by Crippen LogP contribution is 2.03. The summed E-state index contributed by atoms with van der Waals surface area (Å²) in [4.78, 5) is 14.4. The highest BCUT2D eigenvalue weighted by Gasteiger charge is 2.11. The molecule has 1 heterocycles. The number of aryl methyl sites for hydroxylation is 2. The monoisotopic (exact) mass is 344 g/mol. The van der Waals surface area contributed by atoms with Crippen LogP contribution in [-0.4, -0.2) is 57.2 Å². The van der Waals surface area contributed by atoms with Crippen LogP contribution in [0.2, 0.25) is 0 Å². The normalized spacial score (nSPS) is 11.0. The Kier molecular flexibility index (Phi) is 8.04. The number of carbonyl (C=O) groups excluding carboxylic acids is 1. The largest absolute Gasteiger partial charge is 0.356 e. The van der Waals surface area contributed by atoms with Crippen LogP contribution >= 0.6 is 0 Å². The number of tetrazole rings is 1. The summed E-state index contributed by atoms with van der Waals surface area (Å²) in [7, 11) is 0. The first-order chi connectivity index (χ1) is 12.2. The van der Waals surface area contributed by atoms with E-state index in [0.29, 0.717) is 18.9 Å². The van der Waals surface area contributed by atoms with Crippen molar-refractivity contribution in [2.45, 2.75) is 39.7 Å². The van der Waals surface area contributed by atoms with Crippen LogP contribution in [0, 0.1) is 0 Å². The van der Waals surface area contributed by atoms with Gasteiger partial charge in [-0.15, -0.1) is 5.10 Å². The third kappa shape index (κ3) is 6.62. The average Bonchev–Trinajstić information content (AvgIpc) is 3.08. The number of amides is 1. The number of nitrogens with zero attached hydrogens (tertiary/aromatic N) is 5. The summed E-state index contributed by atoms with van der Waals surface area (Å²) in [5.74, 6) is 0.576. The SMILES string of the molecule is CCN(CC)CCCNC(=O)Cc1nnnn1CCc1ccccc1. The van der Waals surface area contributed by atoms with E-state index in [2.05, 4.69) is 51.7 Å². The standard InChI is InChI=1S/C18H28N6O/c1-3-23(4-2)13-8-12-19-18(25)15-17-20-21-22-24(17)14-11-16-9-6-5-7-10-16/h5-7,9-10H,3-4,8,11-15H2,1-2H3,(H,19,25). The maximum Gasteiger partial charge on any atom is 0.227 e. The van der Waals surface area contributed by atoms with Crippen molar-refractivity contribution in [1.29, 1.82) is 0 Å². The summed E-state index contributed by atoms with van der Waals surface area (Å²) in [6.45, 7) is 8.74. The third-order valence-electron chi connectivity index (χ3n) is 4.25. The van der Waals surface area contributed by atoms with Gasteiger partial charge in [0.1, 0.15) is 0 Å². The van der Waals surface area contributed by atoms with E-state index in [0.717, 1.165) is 32.5 Å². The van der Waals surface area contributed by atoms with E-state index in [4.69, 9.17) is 0 Å². The van der Waals surface area contributed by atoms with Crippen molar-refractivity contribution in [3.8, 4) is 0 Å². The summed E-state index contributed by atoms with van der Waals surface area (Å²) in [6.07, 6.45) is 2.00. The fraction of sp³-hybridized carbons (Fsp3) is 0.556. The predicted octanol–water partition coefficient (Wildman–Crippen LogP) is 1.31. The molecule has 0 saturated heterocycles. The van der Waals surface area contributed by atoms with Crippen molar-refractivity contribution in [2.24, 2.45) is 0 Å². The van der Waals surface area contributed by atoms with Crippen LogP contribution in [0.5, 0.6) is 0 Å². The van der Waals surface area contributed by atoms with Crippen LogP contribution in [0.3, 0.4) is 0 Å². The fourth-order valence-corrected chi connectivity index (χ4v) is 2.68. The Morgan fingerprint density at radius 2 is 1.96 bits per heavy atom. The van der Waals surface area contributed by atoms with Crippen LogP contribution in [0.25, 0.3) is 0 Å². The first-order valence-corrected chi connectivity index (χ1v) is 9.01. The maximum atomic E-state index is 12.1. The molecule has 25 heavy (non-hydrogen) atoms. The van der Waals surface area contributed by atoms with Gasteiger partial charge < -0.3 is 10.2 Å². The number of hydrogen-bond donors (Lipinski definition) is 1. The fourth-order valence-electron chi connectivity index (χ4n) is 2.68. The molecule has 1 aromatic carbocycles. The lowest BCUT2D eigenvalue weighted by molar-refractivity contribution is -0.120. The van der Waals surface area contributed by atoms with Gasteiger partial charge in [0.2, 0.25) is 5.91 Å². The second-order valence-electron chi connectivity index (χ2n) is 5.96. The molecule has 2 rings (SSSR count). The van der Waals surface area contributed by atoms with Crippen LogP contribution < -0.4 is 5.32 Å². The molecule has 1 aromatic heterocycles. The Morgan fingerprint density at radius 3 is 2.68 bits per heavy atom. The van der Waals surface area contributed by atoms with Crippen LogP contribution in [0.15, 0.2) is 30.3 Å². The van der Waals surface area contributed by atoms with Crippen molar-refractivity contribution in [3.05, 3.63) is 41.7 Å². The number of benzene rings is 1. The second kappa shape index (κ2) is 10.6. The molecule has 0 aliphatic heterocycles. The number of carbonyl (C=O) groups is 1. The lowest BCUT2D eigenvalue weighted by Crippen LogP contribution is -2.31. The van der Waals surface area contributed by atoms with Crippen molar-refractivity contribution >= 4 is 5.91 Å². The summed E-state index contributed by atoms with van der Waals surface area (Å²) in [5, 5.41) is 14.6. The molecular weight excluding hydrogens is 316 g/mol. The number of rotatable bonds is 11. The van der Waals surface area contributed by atoms with Crippen molar-refractivity contribution in [1.82, 2.24) is 30.4 Å². The minimum atomic E-state index is -0.0321. The molecule has 1 N–H and O–H groups in total. The quantitative estimate of drug-likeness (QED) is 0.622. The maximum absolute atomic E-state index is 12.1. The molecule has 0 aliphatic rings. The summed E-state index contributed by atoms with van der Waals surface area (Å²) in [5.41, 5.74) is 1.23. The molecule has 0 aliphatic carbocycles. The third-order valence-corrected chi connectivity index (χ3v) is 4.25. The van der Waals surface area contributed by atoms with Crippen molar-refractivity contribution in [2.75, 3.05) is 26.2 Å². The van der Waals surface area contributed by atoms with E-state index in [9.17, 15) is 4.79 Å². The molecule has 0 saturated carbocycles. The first kappa shape index (κ1) is 19.1. The van der Waals surface area contributed by atoms with Gasteiger partial charge >= 0.3 is 0 Å². The van der Waals surface area contributed by atoms with E-state index in [1.807, 2.05) is 18.2 Å². The topological polar surface area (TPSA) is 75.9 Å². The van der Waals surface area contributed by atoms with E-state index in [1.165, 1.54) is 5.56 Å². The minimum absolute atomic E-state index is 0.0321. The van der Waals surface area contributed by atoms with Gasteiger partial charge in [-0.2, -0.15) is 0 Å². The lowest BCUT2D eigenvalue weighted by atomic mass is 10.1.